The molecular formula is C8H11NO6. The Labute approximate surface area is 85.4 Å². The lowest BCUT2D eigenvalue weighted by Crippen LogP contribution is -2.19. The molecule has 0 fully saturated rings. The molecule has 0 aliphatic carbocycles. The Morgan fingerprint density at radius 3 is 1.27 bits per heavy atom. The summed E-state index contributed by atoms with van der Waals surface area (Å²) in [5, 5.41) is 16.9. The van der Waals surface area contributed by atoms with Gasteiger partial charge in [-0.05, 0) is 0 Å². The molecule has 0 aromatic heterocycles. The van der Waals surface area contributed by atoms with E-state index in [0.717, 1.165) is 13.8 Å². The van der Waals surface area contributed by atoms with Crippen LogP contribution in [0, 0.1) is 0 Å². The first-order valence-corrected chi connectivity index (χ1v) is 3.67. The van der Waals surface area contributed by atoms with Crippen LogP contribution in [0.25, 0.3) is 0 Å². The molecule has 0 saturated heterocycles. The van der Waals surface area contributed by atoms with Gasteiger partial charge in [-0.2, -0.15) is 0 Å². The van der Waals surface area contributed by atoms with Gasteiger partial charge in [-0.1, -0.05) is 0 Å². The first-order valence-electron chi connectivity index (χ1n) is 3.67. The zero-order chi connectivity index (χ0) is 12.4. The number of hydrogen-bond acceptors (Lipinski definition) is 4. The lowest BCUT2D eigenvalue weighted by molar-refractivity contribution is -0.135. The summed E-state index contributed by atoms with van der Waals surface area (Å²) in [6, 6.07) is 0. The Balaban J connectivity index is 0. The minimum Gasteiger partial charge on any atom is -0.481 e. The fourth-order valence-corrected chi connectivity index (χ4v) is 0.356. The van der Waals surface area contributed by atoms with Crippen LogP contribution in [-0.2, 0) is 19.2 Å². The van der Waals surface area contributed by atoms with Crippen molar-refractivity contribution in [3.8, 4) is 0 Å². The summed E-state index contributed by atoms with van der Waals surface area (Å²) in [6.07, 6.45) is 2.39. The molecule has 1 aliphatic heterocycles. The average Bonchev–Trinajstić information content (AvgIpc) is 2.31. The SMILES string of the molecule is CC(=O)O.CC(=O)O.O=C1C=CC(=O)N1. The molecule has 3 N–H and O–H groups in total. The topological polar surface area (TPSA) is 121 Å². The monoisotopic (exact) mass is 217 g/mol. The zero-order valence-electron chi connectivity index (χ0n) is 8.18. The summed E-state index contributed by atoms with van der Waals surface area (Å²) in [6.45, 7) is 2.17. The highest BCUT2D eigenvalue weighted by atomic mass is 16.4. The van der Waals surface area contributed by atoms with E-state index in [9.17, 15) is 9.59 Å². The van der Waals surface area contributed by atoms with Gasteiger partial charge in [0, 0.05) is 26.0 Å². The van der Waals surface area contributed by atoms with Gasteiger partial charge in [-0.15, -0.1) is 0 Å². The smallest absolute Gasteiger partial charge is 0.300 e. The van der Waals surface area contributed by atoms with E-state index in [4.69, 9.17) is 19.8 Å². The molecule has 0 saturated carbocycles. The van der Waals surface area contributed by atoms with E-state index >= 15 is 0 Å². The third-order valence-electron chi connectivity index (χ3n) is 0.632. The maximum Gasteiger partial charge on any atom is 0.300 e. The van der Waals surface area contributed by atoms with Crippen molar-refractivity contribution in [2.45, 2.75) is 13.8 Å². The van der Waals surface area contributed by atoms with Crippen molar-refractivity contribution in [1.29, 1.82) is 0 Å². The van der Waals surface area contributed by atoms with Crippen LogP contribution < -0.4 is 5.32 Å². The Morgan fingerprint density at radius 2 is 1.20 bits per heavy atom. The lowest BCUT2D eigenvalue weighted by atomic mass is 10.6. The molecule has 0 unspecified atom stereocenters. The van der Waals surface area contributed by atoms with Gasteiger partial charge in [0.2, 0.25) is 0 Å². The summed E-state index contributed by atoms with van der Waals surface area (Å²) in [5.41, 5.74) is 0. The van der Waals surface area contributed by atoms with Crippen LogP contribution in [0.4, 0.5) is 0 Å². The van der Waals surface area contributed by atoms with Gasteiger partial charge in [0.25, 0.3) is 23.8 Å². The summed E-state index contributed by atoms with van der Waals surface area (Å²) >= 11 is 0. The summed E-state index contributed by atoms with van der Waals surface area (Å²) < 4.78 is 0. The lowest BCUT2D eigenvalue weighted by Gasteiger charge is -1.80. The van der Waals surface area contributed by atoms with Gasteiger partial charge < -0.3 is 10.2 Å². The fourth-order valence-electron chi connectivity index (χ4n) is 0.356. The Hall–Kier alpha value is -2.18. The number of carbonyl (C=O) groups excluding carboxylic acids is 2. The molecule has 0 spiro atoms. The maximum atomic E-state index is 10.0. The van der Waals surface area contributed by atoms with Crippen LogP contribution in [0.2, 0.25) is 0 Å². The van der Waals surface area contributed by atoms with Crippen molar-refractivity contribution in [1.82, 2.24) is 5.32 Å². The van der Waals surface area contributed by atoms with Crippen molar-refractivity contribution >= 4 is 23.8 Å². The van der Waals surface area contributed by atoms with Crippen LogP contribution in [-0.4, -0.2) is 34.0 Å². The standard InChI is InChI=1S/C4H3NO2.2C2H4O2/c6-3-1-2-4(7)5-3;2*1-2(3)4/h1-2H,(H,5,6,7);2*1H3,(H,3,4). The zero-order valence-corrected chi connectivity index (χ0v) is 8.18. The van der Waals surface area contributed by atoms with Gasteiger partial charge in [-0.3, -0.25) is 24.5 Å². The second-order valence-electron chi connectivity index (χ2n) is 2.22. The van der Waals surface area contributed by atoms with Crippen LogP contribution in [0.15, 0.2) is 12.2 Å². The van der Waals surface area contributed by atoms with Gasteiger partial charge in [0.05, 0.1) is 0 Å². The van der Waals surface area contributed by atoms with Gasteiger partial charge >= 0.3 is 0 Å². The van der Waals surface area contributed by atoms with E-state index in [1.54, 1.807) is 0 Å². The number of carboxylic acid groups (broad SMARTS) is 2. The minimum atomic E-state index is -0.833. The molecular weight excluding hydrogens is 206 g/mol. The van der Waals surface area contributed by atoms with E-state index in [-0.39, 0.29) is 11.8 Å². The van der Waals surface area contributed by atoms with Gasteiger partial charge in [0.1, 0.15) is 0 Å². The van der Waals surface area contributed by atoms with Crippen LogP contribution in [0.5, 0.6) is 0 Å². The predicted molar refractivity (Wildman–Crippen MR) is 48.9 cm³/mol. The second-order valence-corrected chi connectivity index (χ2v) is 2.22. The molecule has 0 radical (unpaired) electrons. The van der Waals surface area contributed by atoms with E-state index in [2.05, 4.69) is 0 Å². The highest BCUT2D eigenvalue weighted by Crippen LogP contribution is 1.82. The number of rotatable bonds is 0. The number of carbonyl (C=O) groups is 4. The van der Waals surface area contributed by atoms with Crippen molar-refractivity contribution in [2.75, 3.05) is 0 Å². The van der Waals surface area contributed by atoms with Crippen LogP contribution in [0.3, 0.4) is 0 Å². The molecule has 7 heteroatoms. The quantitative estimate of drug-likeness (QED) is 0.465. The molecule has 2 amide bonds. The molecule has 84 valence electrons. The summed E-state index contributed by atoms with van der Waals surface area (Å²) in [7, 11) is 0. The average molecular weight is 217 g/mol. The second kappa shape index (κ2) is 8.42. The number of imide groups is 1. The fraction of sp³-hybridized carbons (Fsp3) is 0.250. The van der Waals surface area contributed by atoms with E-state index < -0.39 is 11.9 Å². The molecule has 1 aliphatic rings. The highest BCUT2D eigenvalue weighted by molar-refractivity contribution is 6.12. The Kier molecular flexibility index (Phi) is 8.59. The largest absolute Gasteiger partial charge is 0.481 e. The van der Waals surface area contributed by atoms with Crippen LogP contribution in [0.1, 0.15) is 13.8 Å². The van der Waals surface area contributed by atoms with Crippen molar-refractivity contribution in [2.24, 2.45) is 0 Å². The number of amides is 2. The molecule has 1 heterocycles. The number of carboxylic acids is 2. The molecule has 0 bridgehead atoms. The van der Waals surface area contributed by atoms with E-state index in [1.807, 2.05) is 5.32 Å². The van der Waals surface area contributed by atoms with E-state index in [1.165, 1.54) is 12.2 Å². The molecule has 1 rings (SSSR count). The number of aliphatic carboxylic acids is 2. The maximum absolute atomic E-state index is 10.0. The molecule has 15 heavy (non-hydrogen) atoms. The first kappa shape index (κ1) is 15.3. The van der Waals surface area contributed by atoms with E-state index in [0.29, 0.717) is 0 Å². The van der Waals surface area contributed by atoms with Gasteiger partial charge in [-0.25, -0.2) is 0 Å². The molecule has 7 nitrogen and oxygen atoms in total. The third kappa shape index (κ3) is 24.5. The van der Waals surface area contributed by atoms with Crippen molar-refractivity contribution < 1.29 is 29.4 Å². The van der Waals surface area contributed by atoms with Crippen molar-refractivity contribution in [3.63, 3.8) is 0 Å². The predicted octanol–water partition coefficient (Wildman–Crippen LogP) is -0.619. The Bertz CT molecular complexity index is 258. The van der Waals surface area contributed by atoms with Crippen LogP contribution >= 0.6 is 0 Å². The summed E-state index contributed by atoms with van der Waals surface area (Å²) in [4.78, 5) is 38.1. The summed E-state index contributed by atoms with van der Waals surface area (Å²) in [5.74, 6) is -2.32. The minimum absolute atomic E-state index is 0.329. The number of nitrogens with one attached hydrogen (secondary N) is 1. The molecule has 0 atom stereocenters. The number of hydrogen-bond donors (Lipinski definition) is 3. The Morgan fingerprint density at radius 1 is 1.00 bits per heavy atom. The highest BCUT2D eigenvalue weighted by Gasteiger charge is 2.06. The normalized spacial score (nSPS) is 11.6. The first-order chi connectivity index (χ1) is 6.75. The third-order valence-corrected chi connectivity index (χ3v) is 0.632. The van der Waals surface area contributed by atoms with Gasteiger partial charge in [0.15, 0.2) is 0 Å². The van der Waals surface area contributed by atoms with Crippen molar-refractivity contribution in [3.05, 3.63) is 12.2 Å². The molecule has 0 aromatic rings. The molecule has 0 aromatic carbocycles.